The van der Waals surface area contributed by atoms with E-state index in [1.54, 1.807) is 6.92 Å². The van der Waals surface area contributed by atoms with Crippen LogP contribution in [-0.2, 0) is 25.5 Å². The summed E-state index contributed by atoms with van der Waals surface area (Å²) in [5.41, 5.74) is 1.32. The van der Waals surface area contributed by atoms with Crippen molar-refractivity contribution < 1.29 is 23.9 Å². The Morgan fingerprint density at radius 2 is 1.55 bits per heavy atom. The van der Waals surface area contributed by atoms with Crippen LogP contribution in [0.15, 0.2) is 24.3 Å². The van der Waals surface area contributed by atoms with Gasteiger partial charge in [0.25, 0.3) is 5.91 Å². The van der Waals surface area contributed by atoms with E-state index in [0.29, 0.717) is 26.1 Å². The van der Waals surface area contributed by atoms with Gasteiger partial charge in [-0.1, -0.05) is 51.2 Å². The lowest BCUT2D eigenvalue weighted by Gasteiger charge is -2.08. The third-order valence-electron chi connectivity index (χ3n) is 4.96. The zero-order valence-corrected chi connectivity index (χ0v) is 19.3. The fourth-order valence-corrected chi connectivity index (χ4v) is 3.16. The molecule has 0 aliphatic heterocycles. The average Bonchev–Trinajstić information content (AvgIpc) is 2.77. The molecule has 0 fully saturated rings. The van der Waals surface area contributed by atoms with Crippen LogP contribution in [0.3, 0.4) is 0 Å². The predicted octanol–water partition coefficient (Wildman–Crippen LogP) is 4.78. The molecule has 31 heavy (non-hydrogen) atoms. The Hall–Kier alpha value is -2.37. The van der Waals surface area contributed by atoms with Crippen molar-refractivity contribution in [1.82, 2.24) is 5.32 Å². The molecule has 0 heterocycles. The molecule has 1 aromatic rings. The number of aryl methyl sites for hydroxylation is 1. The van der Waals surface area contributed by atoms with E-state index in [9.17, 15) is 14.4 Å². The van der Waals surface area contributed by atoms with Crippen molar-refractivity contribution in [3.63, 3.8) is 0 Å². The molecule has 6 nitrogen and oxygen atoms in total. The topological polar surface area (TPSA) is 81.7 Å². The van der Waals surface area contributed by atoms with E-state index in [1.165, 1.54) is 44.1 Å². The van der Waals surface area contributed by atoms with Crippen LogP contribution in [0.4, 0.5) is 0 Å². The number of hydrogen-bond acceptors (Lipinski definition) is 5. The molecule has 0 bridgehead atoms. The fraction of sp³-hybridized carbons (Fsp3) is 0.640. The van der Waals surface area contributed by atoms with Gasteiger partial charge in [-0.3, -0.25) is 14.4 Å². The number of amides is 1. The molecule has 1 rings (SSSR count). The highest BCUT2D eigenvalue weighted by Crippen LogP contribution is 2.15. The van der Waals surface area contributed by atoms with Crippen molar-refractivity contribution in [3.05, 3.63) is 29.8 Å². The molecule has 0 atom stereocenters. The van der Waals surface area contributed by atoms with Crippen molar-refractivity contribution >= 4 is 17.7 Å². The number of unbranched alkanes of at least 4 members (excludes halogenated alkanes) is 5. The first-order chi connectivity index (χ1) is 15.1. The number of carbonyl (C=O) groups is 3. The van der Waals surface area contributed by atoms with Crippen molar-refractivity contribution in [2.24, 2.45) is 0 Å². The minimum absolute atomic E-state index is 0.139. The van der Waals surface area contributed by atoms with E-state index in [2.05, 4.69) is 24.4 Å². The monoisotopic (exact) mass is 433 g/mol. The van der Waals surface area contributed by atoms with Gasteiger partial charge in [0.15, 0.2) is 0 Å². The maximum atomic E-state index is 11.9. The Kier molecular flexibility index (Phi) is 14.9. The lowest BCUT2D eigenvalue weighted by atomic mass is 10.0. The first-order valence-electron chi connectivity index (χ1n) is 11.7. The van der Waals surface area contributed by atoms with E-state index >= 15 is 0 Å². The molecule has 0 aromatic heterocycles. The smallest absolute Gasteiger partial charge is 0.305 e. The van der Waals surface area contributed by atoms with Crippen LogP contribution in [-0.4, -0.2) is 37.4 Å². The number of rotatable bonds is 18. The maximum Gasteiger partial charge on any atom is 0.305 e. The lowest BCUT2D eigenvalue weighted by Crippen LogP contribution is -2.32. The number of carbonyl (C=O) groups excluding carboxylic acids is 3. The van der Waals surface area contributed by atoms with Crippen LogP contribution in [0.1, 0.15) is 83.6 Å². The Morgan fingerprint density at radius 1 is 0.839 bits per heavy atom. The van der Waals surface area contributed by atoms with E-state index in [4.69, 9.17) is 9.47 Å². The molecular formula is C25H39NO5. The summed E-state index contributed by atoms with van der Waals surface area (Å²) in [6, 6.07) is 8.11. The summed E-state index contributed by atoms with van der Waals surface area (Å²) < 4.78 is 10.5. The second-order valence-corrected chi connectivity index (χ2v) is 7.70. The second-order valence-electron chi connectivity index (χ2n) is 7.70. The van der Waals surface area contributed by atoms with E-state index in [1.807, 2.05) is 12.1 Å². The minimum Gasteiger partial charge on any atom is -0.494 e. The van der Waals surface area contributed by atoms with Gasteiger partial charge in [-0.25, -0.2) is 0 Å². The minimum atomic E-state index is -0.608. The van der Waals surface area contributed by atoms with Crippen molar-refractivity contribution in [2.75, 3.05) is 19.8 Å². The summed E-state index contributed by atoms with van der Waals surface area (Å²) in [6.07, 6.45) is 10.2. The number of ether oxygens (including phenoxy) is 2. The number of esters is 1. The molecule has 0 unspecified atom stereocenters. The van der Waals surface area contributed by atoms with Crippen molar-refractivity contribution in [2.45, 2.75) is 84.5 Å². The van der Waals surface area contributed by atoms with Crippen LogP contribution in [0, 0.1) is 0 Å². The van der Waals surface area contributed by atoms with Crippen LogP contribution in [0.25, 0.3) is 0 Å². The molecule has 1 amide bonds. The second kappa shape index (κ2) is 17.3. The highest BCUT2D eigenvalue weighted by atomic mass is 16.5. The average molecular weight is 434 g/mol. The Labute approximate surface area is 187 Å². The number of hydrogen-bond donors (Lipinski definition) is 1. The van der Waals surface area contributed by atoms with Crippen LogP contribution >= 0.6 is 0 Å². The zero-order chi connectivity index (χ0) is 22.7. The normalized spacial score (nSPS) is 10.5. The molecule has 6 heteroatoms. The zero-order valence-electron chi connectivity index (χ0n) is 19.3. The molecule has 0 spiro atoms. The molecule has 1 aromatic carbocycles. The highest BCUT2D eigenvalue weighted by Gasteiger charge is 2.13. The highest BCUT2D eigenvalue weighted by molar-refractivity contribution is 6.36. The Morgan fingerprint density at radius 3 is 2.26 bits per heavy atom. The number of Topliss-reactive ketones (excluding diaryl/α,β-unsaturated/α-hetero) is 1. The van der Waals surface area contributed by atoms with Gasteiger partial charge in [-0.15, -0.1) is 0 Å². The standard InChI is InChI=1S/C25H39NO5/c1-3-5-6-7-8-9-12-21-15-17-22(18-16-21)31-20-11-13-23(27)25(29)26-19-10-14-24(28)30-4-2/h15-18H,3-14,19-20H2,1-2H3,(H,26,29). The SMILES string of the molecule is CCCCCCCCc1ccc(OCCCC(=O)C(=O)NCCCC(=O)OCC)cc1. The molecule has 0 saturated heterocycles. The Balaban J connectivity index is 2.11. The van der Waals surface area contributed by atoms with Gasteiger partial charge in [0.1, 0.15) is 5.75 Å². The summed E-state index contributed by atoms with van der Waals surface area (Å²) in [5, 5.41) is 2.54. The summed E-state index contributed by atoms with van der Waals surface area (Å²) in [6.45, 7) is 4.99. The Bertz CT molecular complexity index is 642. The molecule has 0 aliphatic carbocycles. The number of benzene rings is 1. The van der Waals surface area contributed by atoms with Crippen LogP contribution in [0.5, 0.6) is 5.75 Å². The first kappa shape index (κ1) is 26.7. The first-order valence-corrected chi connectivity index (χ1v) is 11.7. The molecule has 1 N–H and O–H groups in total. The maximum absolute atomic E-state index is 11.9. The molecule has 0 saturated carbocycles. The quantitative estimate of drug-likeness (QED) is 0.205. The largest absolute Gasteiger partial charge is 0.494 e. The van der Waals surface area contributed by atoms with Crippen molar-refractivity contribution in [1.29, 1.82) is 0 Å². The van der Waals surface area contributed by atoms with E-state index < -0.39 is 11.7 Å². The molecule has 0 aliphatic rings. The third-order valence-corrected chi connectivity index (χ3v) is 4.96. The summed E-state index contributed by atoms with van der Waals surface area (Å²) >= 11 is 0. The summed E-state index contributed by atoms with van der Waals surface area (Å²) in [4.78, 5) is 34.8. The predicted molar refractivity (Wildman–Crippen MR) is 122 cm³/mol. The number of nitrogens with one attached hydrogen (secondary N) is 1. The van der Waals surface area contributed by atoms with Gasteiger partial charge in [-0.2, -0.15) is 0 Å². The summed E-state index contributed by atoms with van der Waals surface area (Å²) in [5.74, 6) is -0.588. The van der Waals surface area contributed by atoms with Gasteiger partial charge >= 0.3 is 5.97 Å². The van der Waals surface area contributed by atoms with Gasteiger partial charge < -0.3 is 14.8 Å². The van der Waals surface area contributed by atoms with E-state index in [-0.39, 0.29) is 25.4 Å². The molecular weight excluding hydrogens is 394 g/mol. The van der Waals surface area contributed by atoms with Crippen molar-refractivity contribution in [3.8, 4) is 5.75 Å². The number of ketones is 1. The van der Waals surface area contributed by atoms with E-state index in [0.717, 1.165) is 12.2 Å². The fourth-order valence-electron chi connectivity index (χ4n) is 3.16. The van der Waals surface area contributed by atoms with Gasteiger partial charge in [0.2, 0.25) is 5.78 Å². The lowest BCUT2D eigenvalue weighted by molar-refractivity contribution is -0.143. The molecule has 174 valence electrons. The van der Waals surface area contributed by atoms with Gasteiger partial charge in [0.05, 0.1) is 13.2 Å². The summed E-state index contributed by atoms with van der Waals surface area (Å²) in [7, 11) is 0. The van der Waals surface area contributed by atoms with Gasteiger partial charge in [-0.05, 0) is 50.3 Å². The van der Waals surface area contributed by atoms with Gasteiger partial charge in [0, 0.05) is 19.4 Å². The van der Waals surface area contributed by atoms with Crippen LogP contribution < -0.4 is 10.1 Å². The third kappa shape index (κ3) is 13.5. The molecule has 0 radical (unpaired) electrons. The van der Waals surface area contributed by atoms with Crippen LogP contribution in [0.2, 0.25) is 0 Å².